The first-order chi connectivity index (χ1) is 37.8. The Labute approximate surface area is 457 Å². The minimum atomic E-state index is -2.51. The van der Waals surface area contributed by atoms with Gasteiger partial charge in [-0.1, -0.05) is 141 Å². The topological polar surface area (TPSA) is 227 Å². The van der Waals surface area contributed by atoms with E-state index in [0.29, 0.717) is 16.7 Å². The predicted octanol–water partition coefficient (Wildman–Crippen LogP) is 7.69. The monoisotopic (exact) mass is 1070 g/mol. The summed E-state index contributed by atoms with van der Waals surface area (Å²) in [6.45, 7) is 6.83. The van der Waals surface area contributed by atoms with Gasteiger partial charge in [0.2, 0.25) is 6.10 Å². The second-order valence-corrected chi connectivity index (χ2v) is 21.1. The molecule has 16 heteroatoms. The molecule has 9 rings (SSSR count). The molecular formula is C63H61NO15. The van der Waals surface area contributed by atoms with Crippen LogP contribution in [0.25, 0.3) is 12.2 Å². The molecule has 2 bridgehead atoms. The summed E-state index contributed by atoms with van der Waals surface area (Å²) in [4.78, 5) is 102. The number of Topliss-reactive ketones (excluding diaryl/α,β-unsaturated/α-hetero) is 1. The molecule has 0 spiro atoms. The molecule has 79 heavy (non-hydrogen) atoms. The fourth-order valence-electron chi connectivity index (χ4n) is 11.9. The lowest BCUT2D eigenvalue weighted by Gasteiger charge is -2.67. The average molecular weight is 1070 g/mol. The zero-order valence-electron chi connectivity index (χ0n) is 44.2. The van der Waals surface area contributed by atoms with Gasteiger partial charge in [0.15, 0.2) is 17.5 Å². The molecule has 1 saturated heterocycles. The van der Waals surface area contributed by atoms with Gasteiger partial charge in [0, 0.05) is 42.9 Å². The Kier molecular flexibility index (Phi) is 15.8. The second kappa shape index (κ2) is 22.6. The lowest BCUT2D eigenvalue weighted by molar-refractivity contribution is -0.346. The summed E-state index contributed by atoms with van der Waals surface area (Å²) in [5.74, 6) is -8.20. The first-order valence-corrected chi connectivity index (χ1v) is 26.0. The highest BCUT2D eigenvalue weighted by Gasteiger charge is 2.78. The molecule has 0 radical (unpaired) electrons. The summed E-state index contributed by atoms with van der Waals surface area (Å²) >= 11 is 0. The molecule has 1 aliphatic heterocycles. The van der Waals surface area contributed by atoms with E-state index in [9.17, 15) is 34.2 Å². The first-order valence-electron chi connectivity index (χ1n) is 26.0. The second-order valence-electron chi connectivity index (χ2n) is 21.1. The van der Waals surface area contributed by atoms with Gasteiger partial charge >= 0.3 is 29.8 Å². The van der Waals surface area contributed by atoms with Crippen molar-refractivity contribution in [2.24, 2.45) is 16.7 Å². The predicted molar refractivity (Wildman–Crippen MR) is 287 cm³/mol. The van der Waals surface area contributed by atoms with Crippen LogP contribution in [0, 0.1) is 16.7 Å². The van der Waals surface area contributed by atoms with Crippen LogP contribution in [0.1, 0.15) is 90.9 Å². The first kappa shape index (κ1) is 55.4. The van der Waals surface area contributed by atoms with Crippen molar-refractivity contribution >= 4 is 53.7 Å². The quantitative estimate of drug-likeness (QED) is 0.0395. The maximum Gasteiger partial charge on any atom is 0.350 e. The molecular weight excluding hydrogens is 1010 g/mol. The lowest BCUT2D eigenvalue weighted by Crippen LogP contribution is -2.82. The van der Waals surface area contributed by atoms with Crippen molar-refractivity contribution in [2.45, 2.75) is 101 Å². The molecule has 408 valence electrons. The van der Waals surface area contributed by atoms with Gasteiger partial charge in [-0.2, -0.15) is 0 Å². The van der Waals surface area contributed by atoms with Crippen LogP contribution in [0.15, 0.2) is 175 Å². The van der Waals surface area contributed by atoms with E-state index in [1.54, 1.807) is 153 Å². The molecule has 3 N–H and O–H groups in total. The molecule has 3 unspecified atom stereocenters. The molecule has 1 heterocycles. The molecule has 3 aliphatic carbocycles. The SMILES string of the molecule is CC(=O)O[C@@]12CO[C@@H]1C[C@H](O)[C@@]1(C)C(=O)[C@H](OC(=O)/C=C/c3ccccc3)C3=C(C)[C@@H](OC(=O)C(OC(=O)/C=C/c4ccccc4)C(NC(=O)c4ccccc4)c4ccccc4)C[C@@](O)([C@@H](OC(=O)c4ccccc4)C12)C3(C)C. The van der Waals surface area contributed by atoms with E-state index in [4.69, 9.17) is 28.4 Å². The molecule has 16 nitrogen and oxygen atoms in total. The molecule has 4 aliphatic rings. The van der Waals surface area contributed by atoms with Crippen molar-refractivity contribution in [1.82, 2.24) is 5.32 Å². The number of esters is 5. The fourth-order valence-corrected chi connectivity index (χ4v) is 11.9. The van der Waals surface area contributed by atoms with Crippen LogP contribution in [-0.2, 0) is 52.4 Å². The number of aliphatic hydroxyl groups excluding tert-OH is 1. The number of aliphatic hydroxyl groups is 2. The number of fused-ring (bicyclic) bond motifs is 5. The number of ether oxygens (including phenoxy) is 6. The van der Waals surface area contributed by atoms with Crippen LogP contribution < -0.4 is 5.32 Å². The Hall–Kier alpha value is -8.31. The van der Waals surface area contributed by atoms with E-state index in [1.807, 2.05) is 0 Å². The van der Waals surface area contributed by atoms with E-state index in [1.165, 1.54) is 38.1 Å². The van der Waals surface area contributed by atoms with Crippen LogP contribution in [0.5, 0.6) is 0 Å². The van der Waals surface area contributed by atoms with Crippen molar-refractivity contribution < 1.29 is 72.2 Å². The van der Waals surface area contributed by atoms with E-state index >= 15 is 9.59 Å². The summed E-state index contributed by atoms with van der Waals surface area (Å²) in [5, 5.41) is 29.5. The Balaban J connectivity index is 1.22. The third kappa shape index (κ3) is 10.7. The van der Waals surface area contributed by atoms with Gasteiger partial charge in [0.1, 0.15) is 30.0 Å². The number of nitrogens with one attached hydrogen (secondary N) is 1. The van der Waals surface area contributed by atoms with E-state index in [0.717, 1.165) is 19.1 Å². The maximum atomic E-state index is 16.2. The Morgan fingerprint density at radius 3 is 1.78 bits per heavy atom. The van der Waals surface area contributed by atoms with E-state index in [2.05, 4.69) is 5.32 Å². The minimum absolute atomic E-state index is 0.0384. The lowest BCUT2D eigenvalue weighted by atomic mass is 9.44. The number of benzene rings is 5. The minimum Gasteiger partial charge on any atom is -0.455 e. The number of carbonyl (C=O) groups excluding carboxylic acids is 7. The fraction of sp³-hybridized carbons (Fsp3) is 0.317. The Morgan fingerprint density at radius 1 is 0.709 bits per heavy atom. The van der Waals surface area contributed by atoms with Crippen LogP contribution in [0.2, 0.25) is 0 Å². The number of ketones is 1. The van der Waals surface area contributed by atoms with Crippen LogP contribution >= 0.6 is 0 Å². The highest BCUT2D eigenvalue weighted by atomic mass is 16.6. The summed E-state index contributed by atoms with van der Waals surface area (Å²) in [6, 6.07) is 40.5. The zero-order chi connectivity index (χ0) is 56.3. The van der Waals surface area contributed by atoms with Crippen molar-refractivity contribution in [3.63, 3.8) is 0 Å². The van der Waals surface area contributed by atoms with Gasteiger partial charge in [-0.15, -0.1) is 0 Å². The smallest absolute Gasteiger partial charge is 0.350 e. The number of carbonyl (C=O) groups is 7. The van der Waals surface area contributed by atoms with Gasteiger partial charge in [-0.3, -0.25) is 14.4 Å². The summed E-state index contributed by atoms with van der Waals surface area (Å²) in [5.41, 5.74) is -6.43. The Bertz CT molecular complexity index is 3200. The van der Waals surface area contributed by atoms with E-state index in [-0.39, 0.29) is 35.3 Å². The summed E-state index contributed by atoms with van der Waals surface area (Å²) in [6.07, 6.45) is -5.89. The molecule has 3 fully saturated rings. The van der Waals surface area contributed by atoms with Crippen LogP contribution in [0.3, 0.4) is 0 Å². The largest absolute Gasteiger partial charge is 0.455 e. The highest BCUT2D eigenvalue weighted by molar-refractivity contribution is 5.98. The standard InChI is InChI=1S/C63H61NO15/c1-38-45(75-59(72)53(77-49(68)34-32-41-23-13-7-14-24-41)51(42-25-15-8-16-26-42)64-57(70)43-27-17-9-18-28-43)36-63(73)56(78-58(71)44-29-19-10-20-30-44)54-61(5,46(66)35-47-62(54,37-74-47)79-39(2)65)55(69)52(50(38)60(63,3)4)76-48(67)33-31-40-21-11-6-12-22-40/h6-34,45-47,51-54,56,66,73H,35-37H2,1-5H3,(H,64,70)/b33-31+,34-32+/t45-,46-,47+,51?,52+,53?,54?,56-,61+,62-,63+/m0/s1. The van der Waals surface area contributed by atoms with Crippen LogP contribution in [0.4, 0.5) is 0 Å². The molecule has 1 amide bonds. The summed E-state index contributed by atoms with van der Waals surface area (Å²) < 4.78 is 37.6. The summed E-state index contributed by atoms with van der Waals surface area (Å²) in [7, 11) is 0. The van der Waals surface area contributed by atoms with Gasteiger partial charge in [-0.05, 0) is 78.1 Å². The van der Waals surface area contributed by atoms with E-state index < -0.39 is 119 Å². The van der Waals surface area contributed by atoms with Crippen LogP contribution in [-0.4, -0.2) is 106 Å². The molecule has 11 atom stereocenters. The Morgan fingerprint density at radius 2 is 1.24 bits per heavy atom. The molecule has 2 saturated carbocycles. The van der Waals surface area contributed by atoms with Crippen molar-refractivity contribution in [3.05, 3.63) is 203 Å². The maximum absolute atomic E-state index is 16.2. The number of rotatable bonds is 15. The number of hydrogen-bond acceptors (Lipinski definition) is 15. The van der Waals surface area contributed by atoms with Gasteiger partial charge in [0.05, 0.1) is 29.6 Å². The van der Waals surface area contributed by atoms with Crippen molar-refractivity contribution in [3.8, 4) is 0 Å². The van der Waals surface area contributed by atoms with Crippen molar-refractivity contribution in [2.75, 3.05) is 6.61 Å². The highest BCUT2D eigenvalue weighted by Crippen LogP contribution is 2.64. The number of amides is 1. The average Bonchev–Trinajstić information content (AvgIpc) is 2.48. The molecule has 5 aromatic rings. The zero-order valence-corrected chi connectivity index (χ0v) is 44.2. The molecule has 5 aromatic carbocycles. The van der Waals surface area contributed by atoms with Crippen molar-refractivity contribution in [1.29, 1.82) is 0 Å². The van der Waals surface area contributed by atoms with Gasteiger partial charge < -0.3 is 44.0 Å². The normalized spacial score (nSPS) is 27.6. The number of hydrogen-bond donors (Lipinski definition) is 3. The third-order valence-corrected chi connectivity index (χ3v) is 16.1. The van der Waals surface area contributed by atoms with Gasteiger partial charge in [-0.25, -0.2) is 19.2 Å². The molecule has 0 aromatic heterocycles. The third-order valence-electron chi connectivity index (χ3n) is 16.1. The van der Waals surface area contributed by atoms with Gasteiger partial charge in [0.25, 0.3) is 5.91 Å².